The summed E-state index contributed by atoms with van der Waals surface area (Å²) in [6.07, 6.45) is -5.40. The number of hydrogen-bond donors (Lipinski definition) is 1. The highest BCUT2D eigenvalue weighted by atomic mass is 32.2. The van der Waals surface area contributed by atoms with Crippen molar-refractivity contribution in [3.63, 3.8) is 0 Å². The molecule has 0 aliphatic carbocycles. The fourth-order valence-corrected chi connectivity index (χ4v) is 7.19. The number of thiazole rings is 1. The van der Waals surface area contributed by atoms with Gasteiger partial charge in [-0.3, -0.25) is 9.69 Å². The van der Waals surface area contributed by atoms with E-state index in [1.54, 1.807) is 49.2 Å². The summed E-state index contributed by atoms with van der Waals surface area (Å²) < 4.78 is 50.3. The number of carboxylic acid groups (broad SMARTS) is 1. The smallest absolute Gasteiger partial charge is 0.416 e. The number of methoxy groups -OCH3 is 1. The van der Waals surface area contributed by atoms with Crippen molar-refractivity contribution < 1.29 is 37.3 Å². The van der Waals surface area contributed by atoms with Crippen LogP contribution in [0.25, 0.3) is 10.6 Å². The molecule has 47 heavy (non-hydrogen) atoms. The van der Waals surface area contributed by atoms with E-state index in [4.69, 9.17) is 19.6 Å². The number of benzene rings is 3. The Bertz CT molecular complexity index is 1700. The zero-order valence-electron chi connectivity index (χ0n) is 26.0. The van der Waals surface area contributed by atoms with Gasteiger partial charge in [0.25, 0.3) is 5.91 Å². The maximum Gasteiger partial charge on any atom is 0.416 e. The SMILES string of the molecule is COc1ccc(C(=O)N2CCN(Cc3nc(-c4ccc(C(F)(F)F)cc4)sc3CSc3ccc(OC(C)C(=O)O)c(C)c3)CC2)cc1. The second kappa shape index (κ2) is 14.8. The summed E-state index contributed by atoms with van der Waals surface area (Å²) in [6.45, 7) is 6.28. The molecule has 4 aromatic rings. The van der Waals surface area contributed by atoms with Crippen molar-refractivity contribution in [2.45, 2.75) is 43.3 Å². The first-order valence-electron chi connectivity index (χ1n) is 14.9. The Labute approximate surface area is 279 Å². The van der Waals surface area contributed by atoms with Crippen LogP contribution in [0.15, 0.2) is 71.6 Å². The molecule has 0 radical (unpaired) electrons. The second-order valence-corrected chi connectivity index (χ2v) is 13.2. The molecule has 1 atom stereocenters. The number of thioether (sulfide) groups is 1. The molecule has 2 heterocycles. The summed E-state index contributed by atoms with van der Waals surface area (Å²) in [5.74, 6) is 0.679. The minimum absolute atomic E-state index is 0.0354. The van der Waals surface area contributed by atoms with Crippen LogP contribution in [0.2, 0.25) is 0 Å². The van der Waals surface area contributed by atoms with E-state index >= 15 is 0 Å². The zero-order valence-corrected chi connectivity index (χ0v) is 27.7. The van der Waals surface area contributed by atoms with Crippen LogP contribution in [0, 0.1) is 6.92 Å². The number of alkyl halides is 3. The Balaban J connectivity index is 1.30. The van der Waals surface area contributed by atoms with Gasteiger partial charge in [0.15, 0.2) is 6.10 Å². The van der Waals surface area contributed by atoms with Crippen LogP contribution in [0.1, 0.15) is 39.0 Å². The van der Waals surface area contributed by atoms with E-state index in [1.165, 1.54) is 30.4 Å². The molecule has 1 aliphatic rings. The van der Waals surface area contributed by atoms with Gasteiger partial charge in [0, 0.05) is 59.4 Å². The fraction of sp³-hybridized carbons (Fsp3) is 0.324. The van der Waals surface area contributed by atoms with Crippen molar-refractivity contribution in [2.75, 3.05) is 33.3 Å². The average molecular weight is 686 g/mol. The number of aliphatic carboxylic acids is 1. The highest BCUT2D eigenvalue weighted by Crippen LogP contribution is 2.36. The maximum atomic E-state index is 13.2. The molecule has 3 aromatic carbocycles. The van der Waals surface area contributed by atoms with E-state index in [1.807, 2.05) is 24.0 Å². The number of halogens is 3. The number of amides is 1. The summed E-state index contributed by atoms with van der Waals surface area (Å²) in [7, 11) is 1.58. The van der Waals surface area contributed by atoms with Crippen molar-refractivity contribution in [1.82, 2.24) is 14.8 Å². The third-order valence-electron chi connectivity index (χ3n) is 7.78. The Hall–Kier alpha value is -4.07. The predicted molar refractivity (Wildman–Crippen MR) is 175 cm³/mol. The lowest BCUT2D eigenvalue weighted by molar-refractivity contribution is -0.144. The van der Waals surface area contributed by atoms with E-state index in [2.05, 4.69) is 4.90 Å². The number of ether oxygens (including phenoxy) is 2. The molecule has 1 N–H and O–H groups in total. The van der Waals surface area contributed by atoms with E-state index < -0.39 is 23.8 Å². The molecule has 1 saturated heterocycles. The number of rotatable bonds is 11. The number of aryl methyl sites for hydroxylation is 1. The van der Waals surface area contributed by atoms with Crippen LogP contribution in [0.3, 0.4) is 0 Å². The van der Waals surface area contributed by atoms with E-state index in [0.29, 0.717) is 66.1 Å². The van der Waals surface area contributed by atoms with Crippen LogP contribution in [0.4, 0.5) is 13.2 Å². The van der Waals surface area contributed by atoms with Crippen molar-refractivity contribution in [2.24, 2.45) is 0 Å². The molecule has 8 nitrogen and oxygen atoms in total. The fourth-order valence-electron chi connectivity index (χ4n) is 5.02. The van der Waals surface area contributed by atoms with Crippen LogP contribution in [0.5, 0.6) is 11.5 Å². The molecule has 1 amide bonds. The van der Waals surface area contributed by atoms with Crippen molar-refractivity contribution >= 4 is 35.0 Å². The molecular weight excluding hydrogens is 652 g/mol. The summed E-state index contributed by atoms with van der Waals surface area (Å²) >= 11 is 3.04. The van der Waals surface area contributed by atoms with Gasteiger partial charge >= 0.3 is 12.1 Å². The molecule has 1 aromatic heterocycles. The molecule has 1 unspecified atom stereocenters. The van der Waals surface area contributed by atoms with Gasteiger partial charge in [0.1, 0.15) is 16.5 Å². The lowest BCUT2D eigenvalue weighted by atomic mass is 10.1. The zero-order chi connectivity index (χ0) is 33.7. The lowest BCUT2D eigenvalue weighted by Crippen LogP contribution is -2.48. The van der Waals surface area contributed by atoms with Gasteiger partial charge in [0.05, 0.1) is 18.4 Å². The van der Waals surface area contributed by atoms with Gasteiger partial charge in [-0.25, -0.2) is 9.78 Å². The van der Waals surface area contributed by atoms with E-state index in [9.17, 15) is 22.8 Å². The van der Waals surface area contributed by atoms with Crippen molar-refractivity contribution in [3.05, 3.63) is 94.0 Å². The van der Waals surface area contributed by atoms with Crippen LogP contribution < -0.4 is 9.47 Å². The lowest BCUT2D eigenvalue weighted by Gasteiger charge is -2.34. The number of carbonyl (C=O) groups is 2. The summed E-state index contributed by atoms with van der Waals surface area (Å²) in [5.41, 5.74) is 2.15. The monoisotopic (exact) mass is 685 g/mol. The standard InChI is InChI=1S/C34H34F3N3O5S2/c1-21-18-27(12-13-29(21)45-22(2)33(42)43)46-20-30-28(38-31(47-30)23-4-8-25(9-5-23)34(35,36)37)19-39-14-16-40(17-15-39)32(41)24-6-10-26(44-3)11-7-24/h4-13,18,22H,14-17,19-20H2,1-3H3,(H,42,43). The number of aromatic nitrogens is 1. The van der Waals surface area contributed by atoms with Crippen LogP contribution in [-0.4, -0.2) is 71.2 Å². The van der Waals surface area contributed by atoms with Gasteiger partial charge < -0.3 is 19.5 Å². The molecule has 1 aliphatic heterocycles. The largest absolute Gasteiger partial charge is 0.497 e. The highest BCUT2D eigenvalue weighted by molar-refractivity contribution is 7.98. The van der Waals surface area contributed by atoms with Gasteiger partial charge in [0.2, 0.25) is 0 Å². The third-order valence-corrected chi connectivity index (χ3v) is 10.1. The average Bonchev–Trinajstić information content (AvgIpc) is 3.46. The van der Waals surface area contributed by atoms with Crippen molar-refractivity contribution in [1.29, 1.82) is 0 Å². The molecule has 0 spiro atoms. The topological polar surface area (TPSA) is 92.2 Å². The summed E-state index contributed by atoms with van der Waals surface area (Å²) in [4.78, 5) is 35.2. The number of nitrogens with zero attached hydrogens (tertiary/aromatic N) is 3. The minimum atomic E-state index is -4.42. The Morgan fingerprint density at radius 1 is 1.02 bits per heavy atom. The first-order chi connectivity index (χ1) is 22.4. The normalized spacial score (nSPS) is 14.6. The Morgan fingerprint density at radius 2 is 1.70 bits per heavy atom. The summed E-state index contributed by atoms with van der Waals surface area (Å²) in [5, 5.41) is 9.81. The Morgan fingerprint density at radius 3 is 2.30 bits per heavy atom. The van der Waals surface area contributed by atoms with Gasteiger partial charge in [-0.05, 0) is 74.0 Å². The Kier molecular flexibility index (Phi) is 10.8. The second-order valence-electron chi connectivity index (χ2n) is 11.1. The van der Waals surface area contributed by atoms with E-state index in [-0.39, 0.29) is 5.91 Å². The van der Waals surface area contributed by atoms with Crippen LogP contribution in [-0.2, 0) is 23.3 Å². The van der Waals surface area contributed by atoms with Gasteiger partial charge in [-0.1, -0.05) is 12.1 Å². The van der Waals surface area contributed by atoms with Crippen LogP contribution >= 0.6 is 23.1 Å². The first kappa shape index (κ1) is 34.3. The molecule has 248 valence electrons. The predicted octanol–water partition coefficient (Wildman–Crippen LogP) is 7.25. The molecule has 1 fully saturated rings. The maximum absolute atomic E-state index is 13.2. The number of hydrogen-bond acceptors (Lipinski definition) is 8. The van der Waals surface area contributed by atoms with Gasteiger partial charge in [-0.15, -0.1) is 23.1 Å². The van der Waals surface area contributed by atoms with Crippen molar-refractivity contribution in [3.8, 4) is 22.1 Å². The molecular formula is C34H34F3N3O5S2. The number of carbonyl (C=O) groups excluding carboxylic acids is 1. The first-order valence-corrected chi connectivity index (χ1v) is 16.7. The number of carboxylic acids is 1. The van der Waals surface area contributed by atoms with E-state index in [0.717, 1.165) is 33.2 Å². The molecule has 0 saturated carbocycles. The minimum Gasteiger partial charge on any atom is -0.497 e. The highest BCUT2D eigenvalue weighted by Gasteiger charge is 2.30. The van der Waals surface area contributed by atoms with Gasteiger partial charge in [-0.2, -0.15) is 13.2 Å². The third kappa shape index (κ3) is 8.65. The molecule has 13 heteroatoms. The summed E-state index contributed by atoms with van der Waals surface area (Å²) in [6, 6.07) is 17.7. The quantitative estimate of drug-likeness (QED) is 0.165. The molecule has 0 bridgehead atoms. The number of piperazine rings is 1. The molecule has 5 rings (SSSR count).